The summed E-state index contributed by atoms with van der Waals surface area (Å²) < 4.78 is 23.6. The Labute approximate surface area is 125 Å². The number of hydrogen-bond donors (Lipinski definition) is 2. The molecule has 0 saturated carbocycles. The molecule has 1 aliphatic rings. The van der Waals surface area contributed by atoms with Gasteiger partial charge in [-0.3, -0.25) is 9.59 Å². The van der Waals surface area contributed by atoms with Gasteiger partial charge in [0.15, 0.2) is 9.84 Å². The van der Waals surface area contributed by atoms with Gasteiger partial charge in [0.2, 0.25) is 5.91 Å². The van der Waals surface area contributed by atoms with Gasteiger partial charge >= 0.3 is 5.97 Å². The maximum atomic E-state index is 11.8. The third-order valence-electron chi connectivity index (χ3n) is 4.16. The van der Waals surface area contributed by atoms with Crippen molar-refractivity contribution in [3.8, 4) is 0 Å². The van der Waals surface area contributed by atoms with Crippen LogP contribution < -0.4 is 5.73 Å². The van der Waals surface area contributed by atoms with E-state index in [0.717, 1.165) is 6.42 Å². The van der Waals surface area contributed by atoms with Crippen LogP contribution in [0, 0.1) is 5.41 Å². The predicted molar refractivity (Wildman–Crippen MR) is 78.5 cm³/mol. The maximum Gasteiger partial charge on any atom is 0.310 e. The number of likely N-dealkylation sites (tertiary alicyclic amines) is 1. The molecule has 0 aromatic rings. The molecule has 1 aliphatic heterocycles. The summed E-state index contributed by atoms with van der Waals surface area (Å²) in [6.07, 6.45) is 1.74. The Morgan fingerprint density at radius 2 is 2.00 bits per heavy atom. The van der Waals surface area contributed by atoms with Gasteiger partial charge in [0.25, 0.3) is 0 Å². The molecule has 122 valence electrons. The number of nitrogens with zero attached hydrogens (tertiary/aromatic N) is 1. The van der Waals surface area contributed by atoms with E-state index in [0.29, 0.717) is 32.5 Å². The monoisotopic (exact) mass is 320 g/mol. The van der Waals surface area contributed by atoms with Crippen LogP contribution in [0.15, 0.2) is 0 Å². The van der Waals surface area contributed by atoms with Crippen LogP contribution in [0.4, 0.5) is 0 Å². The van der Waals surface area contributed by atoms with Crippen LogP contribution in [0.1, 0.15) is 32.6 Å². The Morgan fingerprint density at radius 1 is 1.33 bits per heavy atom. The van der Waals surface area contributed by atoms with Crippen molar-refractivity contribution in [3.63, 3.8) is 0 Å². The third kappa shape index (κ3) is 5.28. The number of amides is 1. The van der Waals surface area contributed by atoms with Crippen molar-refractivity contribution in [1.29, 1.82) is 0 Å². The summed E-state index contributed by atoms with van der Waals surface area (Å²) in [5, 5.41) is 9.38. The van der Waals surface area contributed by atoms with Crippen molar-refractivity contribution in [1.82, 2.24) is 4.90 Å². The van der Waals surface area contributed by atoms with Crippen LogP contribution in [0.2, 0.25) is 0 Å². The standard InChI is InChI=1S/C13H24N2O5S/c1-2-13(12(17)18)5-3-6-15(10-13)7-9-21(19,20)8-4-11(14)16/h2-10H2,1H3,(H2,14,16)(H,17,18). The lowest BCUT2D eigenvalue weighted by molar-refractivity contribution is -0.152. The predicted octanol–water partition coefficient (Wildman–Crippen LogP) is -0.147. The van der Waals surface area contributed by atoms with E-state index in [2.05, 4.69) is 0 Å². The van der Waals surface area contributed by atoms with Crippen LogP contribution in [0.5, 0.6) is 0 Å². The number of hydrogen-bond acceptors (Lipinski definition) is 5. The number of carbonyl (C=O) groups excluding carboxylic acids is 1. The van der Waals surface area contributed by atoms with Crippen LogP contribution >= 0.6 is 0 Å². The molecule has 8 heteroatoms. The number of primary amides is 1. The lowest BCUT2D eigenvalue weighted by atomic mass is 9.78. The topological polar surface area (TPSA) is 118 Å². The van der Waals surface area contributed by atoms with Crippen LogP contribution in [-0.2, 0) is 19.4 Å². The lowest BCUT2D eigenvalue weighted by Gasteiger charge is -2.39. The van der Waals surface area contributed by atoms with E-state index in [4.69, 9.17) is 5.73 Å². The van der Waals surface area contributed by atoms with E-state index in [1.807, 2.05) is 11.8 Å². The van der Waals surface area contributed by atoms with Gasteiger partial charge in [0, 0.05) is 19.5 Å². The van der Waals surface area contributed by atoms with Crippen LogP contribution in [0.3, 0.4) is 0 Å². The van der Waals surface area contributed by atoms with E-state index < -0.39 is 27.1 Å². The molecule has 1 fully saturated rings. The van der Waals surface area contributed by atoms with E-state index >= 15 is 0 Å². The Morgan fingerprint density at radius 3 is 2.52 bits per heavy atom. The highest BCUT2D eigenvalue weighted by Crippen LogP contribution is 2.33. The summed E-state index contributed by atoms with van der Waals surface area (Å²) in [5.41, 5.74) is 4.18. The van der Waals surface area contributed by atoms with Crippen molar-refractivity contribution in [2.45, 2.75) is 32.6 Å². The van der Waals surface area contributed by atoms with Crippen molar-refractivity contribution in [3.05, 3.63) is 0 Å². The molecule has 1 saturated heterocycles. The van der Waals surface area contributed by atoms with Crippen molar-refractivity contribution < 1.29 is 23.1 Å². The van der Waals surface area contributed by atoms with Crippen molar-refractivity contribution >= 4 is 21.7 Å². The molecular formula is C13H24N2O5S. The molecule has 1 heterocycles. The third-order valence-corrected chi connectivity index (χ3v) is 5.80. The van der Waals surface area contributed by atoms with Gasteiger partial charge < -0.3 is 15.7 Å². The fourth-order valence-electron chi connectivity index (χ4n) is 2.66. The molecular weight excluding hydrogens is 296 g/mol. The number of carboxylic acid groups (broad SMARTS) is 1. The minimum atomic E-state index is -3.33. The highest BCUT2D eigenvalue weighted by Gasteiger charge is 2.40. The summed E-state index contributed by atoms with van der Waals surface area (Å²) in [6, 6.07) is 0. The number of sulfone groups is 1. The zero-order valence-corrected chi connectivity index (χ0v) is 13.2. The minimum absolute atomic E-state index is 0.0697. The number of nitrogens with two attached hydrogens (primary N) is 1. The highest BCUT2D eigenvalue weighted by molar-refractivity contribution is 7.91. The second-order valence-electron chi connectivity index (χ2n) is 5.69. The highest BCUT2D eigenvalue weighted by atomic mass is 32.2. The molecule has 0 aliphatic carbocycles. The van der Waals surface area contributed by atoms with E-state index in [1.54, 1.807) is 0 Å². The SMILES string of the molecule is CCC1(C(=O)O)CCCN(CCS(=O)(=O)CCC(N)=O)C1. The summed E-state index contributed by atoms with van der Waals surface area (Å²) >= 11 is 0. The number of carboxylic acids is 1. The molecule has 1 atom stereocenters. The first-order valence-electron chi connectivity index (χ1n) is 7.15. The average molecular weight is 320 g/mol. The van der Waals surface area contributed by atoms with E-state index in [9.17, 15) is 23.1 Å². The molecule has 1 amide bonds. The molecule has 21 heavy (non-hydrogen) atoms. The van der Waals surface area contributed by atoms with Gasteiger partial charge in [0.05, 0.1) is 16.9 Å². The van der Waals surface area contributed by atoms with Gasteiger partial charge in [-0.25, -0.2) is 8.42 Å². The summed E-state index contributed by atoms with van der Waals surface area (Å²) in [4.78, 5) is 24.0. The second-order valence-corrected chi connectivity index (χ2v) is 7.99. The molecule has 0 bridgehead atoms. The van der Waals surface area contributed by atoms with Gasteiger partial charge in [-0.1, -0.05) is 6.92 Å². The largest absolute Gasteiger partial charge is 0.481 e. The summed E-state index contributed by atoms with van der Waals surface area (Å²) in [5.74, 6) is -1.76. The van der Waals surface area contributed by atoms with E-state index in [-0.39, 0.29) is 17.9 Å². The smallest absolute Gasteiger partial charge is 0.310 e. The molecule has 0 aromatic carbocycles. The number of rotatable bonds is 8. The van der Waals surface area contributed by atoms with Crippen LogP contribution in [-0.4, -0.2) is 61.4 Å². The van der Waals surface area contributed by atoms with Gasteiger partial charge in [0.1, 0.15) is 0 Å². The van der Waals surface area contributed by atoms with E-state index in [1.165, 1.54) is 0 Å². The molecule has 0 spiro atoms. The molecule has 1 rings (SSSR count). The minimum Gasteiger partial charge on any atom is -0.481 e. The Bertz CT molecular complexity index is 491. The fraction of sp³-hybridized carbons (Fsp3) is 0.846. The molecule has 3 N–H and O–H groups in total. The molecule has 0 aromatic heterocycles. The number of piperidine rings is 1. The second kappa shape index (κ2) is 7.22. The number of carbonyl (C=O) groups is 2. The first kappa shape index (κ1) is 17.9. The Balaban J connectivity index is 2.55. The zero-order chi connectivity index (χ0) is 16.1. The first-order chi connectivity index (χ1) is 9.71. The first-order valence-corrected chi connectivity index (χ1v) is 8.97. The molecule has 0 radical (unpaired) electrons. The van der Waals surface area contributed by atoms with Gasteiger partial charge in [-0.15, -0.1) is 0 Å². The summed E-state index contributed by atoms with van der Waals surface area (Å²) in [7, 11) is -3.33. The zero-order valence-electron chi connectivity index (χ0n) is 12.4. The van der Waals surface area contributed by atoms with Crippen LogP contribution in [0.25, 0.3) is 0 Å². The average Bonchev–Trinajstić information content (AvgIpc) is 2.43. The Kier molecular flexibility index (Phi) is 6.15. The van der Waals surface area contributed by atoms with Gasteiger partial charge in [-0.2, -0.15) is 0 Å². The molecule has 7 nitrogen and oxygen atoms in total. The quantitative estimate of drug-likeness (QED) is 0.642. The number of aliphatic carboxylic acids is 1. The van der Waals surface area contributed by atoms with Crippen molar-refractivity contribution in [2.75, 3.05) is 31.1 Å². The van der Waals surface area contributed by atoms with Gasteiger partial charge in [-0.05, 0) is 25.8 Å². The maximum absolute atomic E-state index is 11.8. The lowest BCUT2D eigenvalue weighted by Crippen LogP contribution is -2.48. The van der Waals surface area contributed by atoms with Crippen molar-refractivity contribution in [2.24, 2.45) is 11.1 Å². The normalized spacial score (nSPS) is 23.9. The molecule has 1 unspecified atom stereocenters. The Hall–Kier alpha value is -1.15. The summed E-state index contributed by atoms with van der Waals surface area (Å²) in [6.45, 7) is 3.24. The fourth-order valence-corrected chi connectivity index (χ4v) is 3.91.